The van der Waals surface area contributed by atoms with Gasteiger partial charge in [-0.25, -0.2) is 4.79 Å². The fourth-order valence-electron chi connectivity index (χ4n) is 2.98. The third-order valence-corrected chi connectivity index (χ3v) is 4.60. The van der Waals surface area contributed by atoms with Gasteiger partial charge in [0.15, 0.2) is 12.4 Å². The highest BCUT2D eigenvalue weighted by Crippen LogP contribution is 2.26. The van der Waals surface area contributed by atoms with Gasteiger partial charge in [0.25, 0.3) is 5.91 Å². The Bertz CT molecular complexity index is 876. The molecule has 3 rings (SSSR count). The van der Waals surface area contributed by atoms with E-state index in [-0.39, 0.29) is 24.2 Å². The fourth-order valence-corrected chi connectivity index (χ4v) is 2.98. The van der Waals surface area contributed by atoms with Gasteiger partial charge in [0.1, 0.15) is 11.8 Å². The van der Waals surface area contributed by atoms with E-state index in [0.717, 1.165) is 17.7 Å². The molecule has 2 aromatic rings. The molecule has 1 aliphatic heterocycles. The van der Waals surface area contributed by atoms with E-state index >= 15 is 0 Å². The molecule has 0 fully saturated rings. The molecule has 1 amide bonds. The van der Waals surface area contributed by atoms with Gasteiger partial charge in [-0.2, -0.15) is 0 Å². The van der Waals surface area contributed by atoms with Crippen molar-refractivity contribution in [2.24, 2.45) is 5.92 Å². The first-order valence-electron chi connectivity index (χ1n) is 9.27. The number of carbonyl (C=O) groups excluding carboxylic acids is 3. The van der Waals surface area contributed by atoms with Crippen LogP contribution >= 0.6 is 0 Å². The predicted octanol–water partition coefficient (Wildman–Crippen LogP) is 2.80. The Morgan fingerprint density at radius 2 is 1.82 bits per heavy atom. The van der Waals surface area contributed by atoms with Gasteiger partial charge in [-0.15, -0.1) is 0 Å². The van der Waals surface area contributed by atoms with Crippen LogP contribution < -0.4 is 10.1 Å². The molecular formula is C22H23NO5. The van der Waals surface area contributed by atoms with Gasteiger partial charge < -0.3 is 14.8 Å². The van der Waals surface area contributed by atoms with Crippen LogP contribution in [0.2, 0.25) is 0 Å². The van der Waals surface area contributed by atoms with E-state index in [1.54, 1.807) is 56.3 Å². The molecule has 0 radical (unpaired) electrons. The molecular weight excluding hydrogens is 358 g/mol. The molecule has 0 unspecified atom stereocenters. The monoisotopic (exact) mass is 381 g/mol. The van der Waals surface area contributed by atoms with Crippen LogP contribution in [0.1, 0.15) is 40.1 Å². The molecule has 28 heavy (non-hydrogen) atoms. The number of hydrogen-bond acceptors (Lipinski definition) is 5. The molecule has 1 atom stereocenters. The molecule has 1 N–H and O–H groups in total. The third-order valence-electron chi connectivity index (χ3n) is 4.60. The summed E-state index contributed by atoms with van der Waals surface area (Å²) < 4.78 is 10.6. The van der Waals surface area contributed by atoms with Gasteiger partial charge >= 0.3 is 5.97 Å². The van der Waals surface area contributed by atoms with Crippen LogP contribution in [0, 0.1) is 5.92 Å². The number of rotatable bonds is 7. The lowest BCUT2D eigenvalue weighted by atomic mass is 10.0. The molecule has 0 saturated heterocycles. The van der Waals surface area contributed by atoms with E-state index in [4.69, 9.17) is 9.47 Å². The van der Waals surface area contributed by atoms with E-state index in [0.29, 0.717) is 17.7 Å². The number of esters is 1. The van der Waals surface area contributed by atoms with E-state index in [1.165, 1.54) is 0 Å². The summed E-state index contributed by atoms with van der Waals surface area (Å²) in [7, 11) is 0. The SMILES string of the molecule is CC(C)[C@H](NC(=O)c1ccccc1)C(=O)OCC(=O)c1ccc2c(c1)CCO2. The topological polar surface area (TPSA) is 81.7 Å². The summed E-state index contributed by atoms with van der Waals surface area (Å²) in [5.74, 6) is -0.678. The summed E-state index contributed by atoms with van der Waals surface area (Å²) in [6.07, 6.45) is 0.761. The van der Waals surface area contributed by atoms with Gasteiger partial charge in [0.2, 0.25) is 0 Å². The summed E-state index contributed by atoms with van der Waals surface area (Å²) in [4.78, 5) is 37.2. The molecule has 2 aromatic carbocycles. The van der Waals surface area contributed by atoms with Crippen molar-refractivity contribution in [2.75, 3.05) is 13.2 Å². The van der Waals surface area contributed by atoms with Crippen molar-refractivity contribution in [2.45, 2.75) is 26.3 Å². The number of ketones is 1. The molecule has 0 aromatic heterocycles. The number of hydrogen-bond donors (Lipinski definition) is 1. The van der Waals surface area contributed by atoms with Gasteiger partial charge in [0, 0.05) is 17.5 Å². The van der Waals surface area contributed by atoms with Crippen LogP contribution in [0.4, 0.5) is 0 Å². The number of benzene rings is 2. The van der Waals surface area contributed by atoms with Crippen LogP contribution in [0.3, 0.4) is 0 Å². The second-order valence-corrected chi connectivity index (χ2v) is 7.01. The first-order valence-corrected chi connectivity index (χ1v) is 9.27. The predicted molar refractivity (Wildman–Crippen MR) is 103 cm³/mol. The first kappa shape index (κ1) is 19.6. The van der Waals surface area contributed by atoms with Crippen LogP contribution in [0.25, 0.3) is 0 Å². The maximum absolute atomic E-state index is 12.5. The minimum absolute atomic E-state index is 0.188. The van der Waals surface area contributed by atoms with Crippen molar-refractivity contribution < 1.29 is 23.9 Å². The maximum atomic E-state index is 12.5. The zero-order valence-electron chi connectivity index (χ0n) is 15.9. The average molecular weight is 381 g/mol. The van der Waals surface area contributed by atoms with E-state index in [2.05, 4.69) is 5.32 Å². The third kappa shape index (κ3) is 4.57. The smallest absolute Gasteiger partial charge is 0.329 e. The number of Topliss-reactive ketones (excluding diaryl/α,β-unsaturated/α-hetero) is 1. The summed E-state index contributed by atoms with van der Waals surface area (Å²) >= 11 is 0. The Kier molecular flexibility index (Phi) is 6.09. The molecule has 1 aliphatic rings. The molecule has 0 bridgehead atoms. The van der Waals surface area contributed by atoms with E-state index < -0.39 is 12.0 Å². The van der Waals surface area contributed by atoms with Crippen molar-refractivity contribution in [3.63, 3.8) is 0 Å². The lowest BCUT2D eigenvalue weighted by Crippen LogP contribution is -2.45. The minimum atomic E-state index is -0.839. The van der Waals surface area contributed by atoms with Crippen molar-refractivity contribution in [1.82, 2.24) is 5.32 Å². The highest BCUT2D eigenvalue weighted by atomic mass is 16.5. The van der Waals surface area contributed by atoms with Gasteiger partial charge in [0.05, 0.1) is 6.61 Å². The van der Waals surface area contributed by atoms with Crippen LogP contribution in [-0.4, -0.2) is 36.9 Å². The summed E-state index contributed by atoms with van der Waals surface area (Å²) in [5, 5.41) is 2.69. The Labute approximate surface area is 163 Å². The Morgan fingerprint density at radius 3 is 2.54 bits per heavy atom. The number of carbonyl (C=O) groups is 3. The second-order valence-electron chi connectivity index (χ2n) is 7.01. The largest absolute Gasteiger partial charge is 0.493 e. The normalized spacial score (nSPS) is 13.4. The van der Waals surface area contributed by atoms with Crippen LogP contribution in [0.5, 0.6) is 5.75 Å². The number of amides is 1. The maximum Gasteiger partial charge on any atom is 0.329 e. The second kappa shape index (κ2) is 8.69. The van der Waals surface area contributed by atoms with E-state index in [9.17, 15) is 14.4 Å². The van der Waals surface area contributed by atoms with Crippen molar-refractivity contribution >= 4 is 17.7 Å². The highest BCUT2D eigenvalue weighted by Gasteiger charge is 2.27. The molecule has 1 heterocycles. The zero-order valence-corrected chi connectivity index (χ0v) is 15.9. The molecule has 6 heteroatoms. The summed E-state index contributed by atoms with van der Waals surface area (Å²) in [6.45, 7) is 3.85. The lowest BCUT2D eigenvalue weighted by molar-refractivity contribution is -0.145. The quantitative estimate of drug-likeness (QED) is 0.589. The van der Waals surface area contributed by atoms with Gasteiger partial charge in [-0.05, 0) is 41.8 Å². The van der Waals surface area contributed by atoms with Crippen molar-refractivity contribution in [3.05, 3.63) is 65.2 Å². The first-order chi connectivity index (χ1) is 13.5. The number of nitrogens with one attached hydrogen (secondary N) is 1. The van der Waals surface area contributed by atoms with Crippen LogP contribution in [-0.2, 0) is 16.0 Å². The molecule has 6 nitrogen and oxygen atoms in total. The van der Waals surface area contributed by atoms with E-state index in [1.807, 2.05) is 6.07 Å². The average Bonchev–Trinajstić information content (AvgIpc) is 3.18. The molecule has 0 saturated carbocycles. The fraction of sp³-hybridized carbons (Fsp3) is 0.318. The molecule has 0 spiro atoms. The molecule has 0 aliphatic carbocycles. The number of ether oxygens (including phenoxy) is 2. The number of fused-ring (bicyclic) bond motifs is 1. The van der Waals surface area contributed by atoms with Crippen molar-refractivity contribution in [1.29, 1.82) is 0 Å². The Balaban J connectivity index is 1.59. The summed E-state index contributed by atoms with van der Waals surface area (Å²) in [5.41, 5.74) is 1.91. The minimum Gasteiger partial charge on any atom is -0.493 e. The van der Waals surface area contributed by atoms with Crippen molar-refractivity contribution in [3.8, 4) is 5.75 Å². The molecule has 146 valence electrons. The zero-order chi connectivity index (χ0) is 20.1. The summed E-state index contributed by atoms with van der Waals surface area (Å²) in [6, 6.07) is 13.0. The van der Waals surface area contributed by atoms with Gasteiger partial charge in [-0.1, -0.05) is 32.0 Å². The highest BCUT2D eigenvalue weighted by molar-refractivity contribution is 5.99. The Hall–Kier alpha value is -3.15. The lowest BCUT2D eigenvalue weighted by Gasteiger charge is -2.20. The van der Waals surface area contributed by atoms with Crippen LogP contribution in [0.15, 0.2) is 48.5 Å². The standard InChI is InChI=1S/C22H23NO5/c1-14(2)20(23-21(25)15-6-4-3-5-7-15)22(26)28-13-18(24)16-8-9-19-17(12-16)10-11-27-19/h3-9,12,14,20H,10-11,13H2,1-2H3,(H,23,25)/t20-/m0/s1. The Morgan fingerprint density at radius 1 is 1.07 bits per heavy atom. The van der Waals surface area contributed by atoms with Gasteiger partial charge in [-0.3, -0.25) is 9.59 Å².